The van der Waals surface area contributed by atoms with Crippen molar-refractivity contribution in [1.29, 1.82) is 0 Å². The molecule has 0 bridgehead atoms. The predicted octanol–water partition coefficient (Wildman–Crippen LogP) is 4.15. The summed E-state index contributed by atoms with van der Waals surface area (Å²) in [5.74, 6) is -0.685. The van der Waals surface area contributed by atoms with Crippen molar-refractivity contribution in [2.75, 3.05) is 5.32 Å². The number of halogens is 1. The molecule has 0 aliphatic heterocycles. The van der Waals surface area contributed by atoms with E-state index >= 15 is 0 Å². The van der Waals surface area contributed by atoms with Gasteiger partial charge in [0.25, 0.3) is 5.56 Å². The van der Waals surface area contributed by atoms with Gasteiger partial charge in [0.1, 0.15) is 5.82 Å². The number of anilines is 1. The van der Waals surface area contributed by atoms with E-state index in [1.807, 2.05) is 6.07 Å². The Bertz CT molecular complexity index is 1110. The van der Waals surface area contributed by atoms with Gasteiger partial charge in [-0.1, -0.05) is 36.0 Å². The zero-order valence-corrected chi connectivity index (χ0v) is 16.4. The molecule has 0 aliphatic carbocycles. The molecule has 1 N–H and O–H groups in total. The number of carbonyl (C=O) groups is 1. The number of benzene rings is 2. The lowest BCUT2D eigenvalue weighted by atomic mass is 10.2. The molecule has 0 saturated carbocycles. The van der Waals surface area contributed by atoms with Gasteiger partial charge in [-0.15, -0.1) is 6.58 Å². The van der Waals surface area contributed by atoms with Gasteiger partial charge in [0.05, 0.1) is 16.2 Å². The molecule has 0 spiro atoms. The van der Waals surface area contributed by atoms with Crippen LogP contribution in [0.3, 0.4) is 0 Å². The highest BCUT2D eigenvalue weighted by atomic mass is 32.2. The fourth-order valence-corrected chi connectivity index (χ4v) is 3.57. The van der Waals surface area contributed by atoms with Crippen molar-refractivity contribution in [3.63, 3.8) is 0 Å². The van der Waals surface area contributed by atoms with Crippen molar-refractivity contribution < 1.29 is 9.18 Å². The molecule has 0 unspecified atom stereocenters. The first-order chi connectivity index (χ1) is 13.4. The van der Waals surface area contributed by atoms with Gasteiger partial charge in [0, 0.05) is 12.2 Å². The zero-order chi connectivity index (χ0) is 20.3. The fourth-order valence-electron chi connectivity index (χ4n) is 2.65. The second-order valence-corrected chi connectivity index (χ2v) is 7.64. The third-order valence-electron chi connectivity index (χ3n) is 4.23. The normalized spacial score (nSPS) is 12.0. The van der Waals surface area contributed by atoms with E-state index < -0.39 is 5.25 Å². The molecule has 1 aromatic heterocycles. The van der Waals surface area contributed by atoms with E-state index in [2.05, 4.69) is 16.9 Å². The Hall–Kier alpha value is -2.93. The summed E-state index contributed by atoms with van der Waals surface area (Å²) in [6.07, 6.45) is 1.61. The molecule has 3 rings (SSSR count). The van der Waals surface area contributed by atoms with Crippen LogP contribution in [0.15, 0.2) is 65.1 Å². The molecule has 3 aromatic rings. The average Bonchev–Trinajstić information content (AvgIpc) is 2.67. The monoisotopic (exact) mass is 397 g/mol. The van der Waals surface area contributed by atoms with Gasteiger partial charge in [-0.3, -0.25) is 14.2 Å². The maximum Gasteiger partial charge on any atom is 0.262 e. The Kier molecular flexibility index (Phi) is 5.94. The van der Waals surface area contributed by atoms with Crippen molar-refractivity contribution in [1.82, 2.24) is 9.55 Å². The number of nitrogens with zero attached hydrogens (tertiary/aromatic N) is 2. The summed E-state index contributed by atoms with van der Waals surface area (Å²) in [7, 11) is 0. The van der Waals surface area contributed by atoms with Gasteiger partial charge in [-0.05, 0) is 43.7 Å². The molecule has 144 valence electrons. The summed E-state index contributed by atoms with van der Waals surface area (Å²) in [6, 6.07) is 11.6. The summed E-state index contributed by atoms with van der Waals surface area (Å²) in [4.78, 5) is 29.9. The number of hydrogen-bond donors (Lipinski definition) is 1. The van der Waals surface area contributed by atoms with Crippen molar-refractivity contribution in [2.45, 2.75) is 30.8 Å². The maximum atomic E-state index is 13.7. The lowest BCUT2D eigenvalue weighted by Crippen LogP contribution is -2.26. The minimum Gasteiger partial charge on any atom is -0.325 e. The van der Waals surface area contributed by atoms with E-state index in [-0.39, 0.29) is 23.8 Å². The molecular weight excluding hydrogens is 377 g/mol. The van der Waals surface area contributed by atoms with Crippen LogP contribution in [0.4, 0.5) is 10.1 Å². The Morgan fingerprint density at radius 1 is 1.36 bits per heavy atom. The van der Waals surface area contributed by atoms with Crippen LogP contribution < -0.4 is 10.9 Å². The second kappa shape index (κ2) is 8.39. The second-order valence-electron chi connectivity index (χ2n) is 6.33. The van der Waals surface area contributed by atoms with Crippen molar-refractivity contribution in [2.24, 2.45) is 0 Å². The number of rotatable bonds is 6. The third kappa shape index (κ3) is 4.14. The van der Waals surface area contributed by atoms with E-state index in [9.17, 15) is 14.0 Å². The van der Waals surface area contributed by atoms with Crippen LogP contribution in [0.5, 0.6) is 0 Å². The molecule has 0 radical (unpaired) electrons. The van der Waals surface area contributed by atoms with Crippen molar-refractivity contribution >= 4 is 34.3 Å². The largest absolute Gasteiger partial charge is 0.325 e. The highest BCUT2D eigenvalue weighted by Crippen LogP contribution is 2.24. The third-order valence-corrected chi connectivity index (χ3v) is 5.32. The van der Waals surface area contributed by atoms with E-state index in [1.165, 1.54) is 22.4 Å². The molecule has 5 nitrogen and oxygen atoms in total. The molecule has 1 heterocycles. The number of aryl methyl sites for hydroxylation is 1. The molecule has 0 aliphatic rings. The van der Waals surface area contributed by atoms with Gasteiger partial charge in [-0.2, -0.15) is 0 Å². The smallest absolute Gasteiger partial charge is 0.262 e. The first-order valence-corrected chi connectivity index (χ1v) is 9.63. The summed E-state index contributed by atoms with van der Waals surface area (Å²) < 4.78 is 15.2. The highest BCUT2D eigenvalue weighted by Gasteiger charge is 2.19. The molecule has 1 amide bonds. The van der Waals surface area contributed by atoms with Crippen LogP contribution in [0.25, 0.3) is 10.9 Å². The van der Waals surface area contributed by atoms with E-state index in [0.717, 1.165) is 0 Å². The molecule has 2 aromatic carbocycles. The first-order valence-electron chi connectivity index (χ1n) is 8.75. The Balaban J connectivity index is 1.87. The number of carbonyl (C=O) groups excluding carboxylic acids is 1. The number of amides is 1. The molecular formula is C21H20FN3O2S. The maximum absolute atomic E-state index is 13.7. The number of para-hydroxylation sites is 1. The summed E-state index contributed by atoms with van der Waals surface area (Å²) in [6.45, 7) is 7.35. The molecule has 1 atom stereocenters. The van der Waals surface area contributed by atoms with E-state index in [1.54, 1.807) is 50.3 Å². The van der Waals surface area contributed by atoms with Crippen LogP contribution in [-0.4, -0.2) is 20.7 Å². The highest BCUT2D eigenvalue weighted by molar-refractivity contribution is 8.00. The number of nitrogens with one attached hydrogen (secondary N) is 1. The molecule has 28 heavy (non-hydrogen) atoms. The molecule has 0 fully saturated rings. The fraction of sp³-hybridized carbons (Fsp3) is 0.190. The topological polar surface area (TPSA) is 64.0 Å². The first kappa shape index (κ1) is 19.8. The Labute approximate surface area is 166 Å². The number of fused-ring (bicyclic) bond motifs is 1. The lowest BCUT2D eigenvalue weighted by Gasteiger charge is -2.15. The van der Waals surface area contributed by atoms with Crippen LogP contribution in [0.1, 0.15) is 12.5 Å². The summed E-state index contributed by atoms with van der Waals surface area (Å²) in [5, 5.41) is 3.10. The number of thioether (sulfide) groups is 1. The molecule has 7 heteroatoms. The standard InChI is InChI=1S/C21H20FN3O2S/c1-4-11-25-20(27)16-7-5-6-8-18(16)24-21(25)28-14(3)19(26)23-15-10-9-13(2)17(22)12-15/h4-10,12,14H,1,11H2,2-3H3,(H,23,26)/t14-/m1/s1. The SMILES string of the molecule is C=CCn1c(S[C@H](C)C(=O)Nc2ccc(C)c(F)c2)nc2ccccc2c1=O. The molecule has 0 saturated heterocycles. The van der Waals surface area contributed by atoms with Gasteiger partial charge < -0.3 is 5.32 Å². The van der Waals surface area contributed by atoms with E-state index in [4.69, 9.17) is 0 Å². The van der Waals surface area contributed by atoms with Crippen LogP contribution in [0.2, 0.25) is 0 Å². The number of hydrogen-bond acceptors (Lipinski definition) is 4. The summed E-state index contributed by atoms with van der Waals surface area (Å²) >= 11 is 1.17. The Morgan fingerprint density at radius 2 is 2.11 bits per heavy atom. The average molecular weight is 397 g/mol. The lowest BCUT2D eigenvalue weighted by molar-refractivity contribution is -0.115. The van der Waals surface area contributed by atoms with Crippen molar-refractivity contribution in [3.8, 4) is 0 Å². The van der Waals surface area contributed by atoms with E-state index in [0.29, 0.717) is 27.3 Å². The quantitative estimate of drug-likeness (QED) is 0.386. The van der Waals surface area contributed by atoms with Gasteiger partial charge >= 0.3 is 0 Å². The van der Waals surface area contributed by atoms with Crippen LogP contribution in [-0.2, 0) is 11.3 Å². The minimum atomic E-state index is -0.548. The van der Waals surface area contributed by atoms with Gasteiger partial charge in [0.15, 0.2) is 5.16 Å². The zero-order valence-electron chi connectivity index (χ0n) is 15.6. The Morgan fingerprint density at radius 3 is 2.82 bits per heavy atom. The van der Waals surface area contributed by atoms with Gasteiger partial charge in [0.2, 0.25) is 5.91 Å². The van der Waals surface area contributed by atoms with Crippen molar-refractivity contribution in [3.05, 3.63) is 76.9 Å². The summed E-state index contributed by atoms with van der Waals surface area (Å²) in [5.41, 5.74) is 1.29. The minimum absolute atomic E-state index is 0.179. The van der Waals surface area contributed by atoms with Crippen LogP contribution in [0, 0.1) is 12.7 Å². The number of aromatic nitrogens is 2. The van der Waals surface area contributed by atoms with Gasteiger partial charge in [-0.25, -0.2) is 9.37 Å². The predicted molar refractivity (Wildman–Crippen MR) is 111 cm³/mol. The number of allylic oxidation sites excluding steroid dienone is 1. The van der Waals surface area contributed by atoms with Crippen LogP contribution >= 0.6 is 11.8 Å².